The van der Waals surface area contributed by atoms with Gasteiger partial charge in [-0.15, -0.1) is 0 Å². The van der Waals surface area contributed by atoms with Crippen molar-refractivity contribution in [1.82, 2.24) is 0 Å². The molecule has 1 rings (SSSR count). The minimum absolute atomic E-state index is 0.137. The van der Waals surface area contributed by atoms with E-state index >= 15 is 0 Å². The van der Waals surface area contributed by atoms with Crippen LogP contribution in [0.4, 0.5) is 0 Å². The van der Waals surface area contributed by atoms with Crippen molar-refractivity contribution in [1.29, 1.82) is 0 Å². The van der Waals surface area contributed by atoms with Crippen LogP contribution >= 0.6 is 0 Å². The Hall–Kier alpha value is -1.05. The van der Waals surface area contributed by atoms with Gasteiger partial charge in [0.15, 0.2) is 0 Å². The molecule has 0 heterocycles. The molecular weight excluding hydrogens is 140 g/mol. The van der Waals surface area contributed by atoms with Crippen LogP contribution in [0.3, 0.4) is 0 Å². The second kappa shape index (κ2) is 2.53. The fourth-order valence-corrected chi connectivity index (χ4v) is 0.983. The molecule has 0 aromatic rings. The Morgan fingerprint density at radius 1 is 1.73 bits per heavy atom. The van der Waals surface area contributed by atoms with Crippen LogP contribution in [0, 0.1) is 5.41 Å². The minimum atomic E-state index is -0.397. The summed E-state index contributed by atoms with van der Waals surface area (Å²) >= 11 is 0. The summed E-state index contributed by atoms with van der Waals surface area (Å²) in [5, 5.41) is 8.99. The summed E-state index contributed by atoms with van der Waals surface area (Å²) in [6, 6.07) is 0. The van der Waals surface area contributed by atoms with Gasteiger partial charge in [-0.1, -0.05) is 6.08 Å². The van der Waals surface area contributed by atoms with Crippen LogP contribution in [0.25, 0.3) is 0 Å². The van der Waals surface area contributed by atoms with Gasteiger partial charge in [-0.2, -0.15) is 0 Å². The highest BCUT2D eigenvalue weighted by Gasteiger charge is 2.27. The van der Waals surface area contributed by atoms with Gasteiger partial charge >= 0.3 is 0 Å². The highest BCUT2D eigenvalue weighted by molar-refractivity contribution is 5.84. The van der Waals surface area contributed by atoms with Crippen LogP contribution in [0.5, 0.6) is 0 Å². The maximum atomic E-state index is 11.1. The Balaban J connectivity index is 2.82. The second-order valence-electron chi connectivity index (χ2n) is 3.14. The van der Waals surface area contributed by atoms with Gasteiger partial charge in [0.1, 0.15) is 11.5 Å². The monoisotopic (exact) mass is 152 g/mol. The van der Waals surface area contributed by atoms with E-state index in [0.717, 1.165) is 0 Å². The summed E-state index contributed by atoms with van der Waals surface area (Å²) in [4.78, 5) is 11.1. The molecule has 1 atom stereocenters. The van der Waals surface area contributed by atoms with Crippen molar-refractivity contribution in [2.45, 2.75) is 20.3 Å². The zero-order valence-electron chi connectivity index (χ0n) is 6.79. The number of carbonyl (C=O) groups is 1. The third-order valence-corrected chi connectivity index (χ3v) is 2.16. The van der Waals surface area contributed by atoms with Crippen molar-refractivity contribution in [2.75, 3.05) is 0 Å². The summed E-state index contributed by atoms with van der Waals surface area (Å²) in [5.74, 6) is 0.390. The van der Waals surface area contributed by atoms with Gasteiger partial charge < -0.3 is 5.11 Å². The standard InChI is InChI=1S/C9H12O2/c1-7(10)9(2)5-3-8(11)4-6-9/h3-5,11H,6H2,1-2H3. The highest BCUT2D eigenvalue weighted by Crippen LogP contribution is 2.29. The molecule has 0 aromatic heterocycles. The molecule has 0 spiro atoms. The first-order valence-corrected chi connectivity index (χ1v) is 3.64. The Kier molecular flexibility index (Phi) is 1.85. The molecule has 1 unspecified atom stereocenters. The van der Waals surface area contributed by atoms with Crippen molar-refractivity contribution < 1.29 is 9.90 Å². The average Bonchev–Trinajstić information content (AvgIpc) is 1.95. The normalized spacial score (nSPS) is 29.8. The van der Waals surface area contributed by atoms with E-state index in [-0.39, 0.29) is 11.5 Å². The second-order valence-corrected chi connectivity index (χ2v) is 3.14. The summed E-state index contributed by atoms with van der Waals surface area (Å²) in [7, 11) is 0. The first-order valence-electron chi connectivity index (χ1n) is 3.64. The van der Waals surface area contributed by atoms with Crippen molar-refractivity contribution in [3.8, 4) is 0 Å². The van der Waals surface area contributed by atoms with E-state index in [2.05, 4.69) is 0 Å². The van der Waals surface area contributed by atoms with Crippen molar-refractivity contribution in [3.05, 3.63) is 24.0 Å². The number of aliphatic hydroxyl groups is 1. The van der Waals surface area contributed by atoms with E-state index in [0.29, 0.717) is 6.42 Å². The summed E-state index contributed by atoms with van der Waals surface area (Å²) in [5.41, 5.74) is -0.397. The number of allylic oxidation sites excluding steroid dienone is 3. The van der Waals surface area contributed by atoms with Crippen LogP contribution in [0.1, 0.15) is 20.3 Å². The Bertz CT molecular complexity index is 238. The number of ketones is 1. The average molecular weight is 152 g/mol. The summed E-state index contributed by atoms with van der Waals surface area (Å²) in [6.07, 6.45) is 5.60. The third-order valence-electron chi connectivity index (χ3n) is 2.16. The molecule has 0 saturated heterocycles. The highest BCUT2D eigenvalue weighted by atomic mass is 16.3. The number of carbonyl (C=O) groups excluding carboxylic acids is 1. The lowest BCUT2D eigenvalue weighted by atomic mass is 9.80. The van der Waals surface area contributed by atoms with E-state index in [9.17, 15) is 4.79 Å². The van der Waals surface area contributed by atoms with E-state index in [4.69, 9.17) is 5.11 Å². The predicted octanol–water partition coefficient (Wildman–Crippen LogP) is 1.98. The van der Waals surface area contributed by atoms with Gasteiger partial charge in [0, 0.05) is 5.41 Å². The van der Waals surface area contributed by atoms with Crippen molar-refractivity contribution in [3.63, 3.8) is 0 Å². The topological polar surface area (TPSA) is 37.3 Å². The van der Waals surface area contributed by atoms with Gasteiger partial charge in [-0.05, 0) is 32.4 Å². The van der Waals surface area contributed by atoms with Gasteiger partial charge in [0.2, 0.25) is 0 Å². The van der Waals surface area contributed by atoms with Crippen molar-refractivity contribution in [2.24, 2.45) is 5.41 Å². The fourth-order valence-electron chi connectivity index (χ4n) is 0.983. The summed E-state index contributed by atoms with van der Waals surface area (Å²) < 4.78 is 0. The molecule has 0 amide bonds. The molecule has 1 aliphatic carbocycles. The lowest BCUT2D eigenvalue weighted by molar-refractivity contribution is -0.123. The van der Waals surface area contributed by atoms with Crippen LogP contribution < -0.4 is 0 Å². The lowest BCUT2D eigenvalue weighted by Crippen LogP contribution is -2.23. The molecule has 1 aliphatic rings. The van der Waals surface area contributed by atoms with Crippen molar-refractivity contribution >= 4 is 5.78 Å². The first kappa shape index (κ1) is 8.05. The Morgan fingerprint density at radius 3 is 2.73 bits per heavy atom. The molecule has 2 nitrogen and oxygen atoms in total. The number of aliphatic hydroxyl groups excluding tert-OH is 1. The molecule has 0 fully saturated rings. The molecular formula is C9H12O2. The first-order chi connectivity index (χ1) is 5.04. The Labute approximate surface area is 66.2 Å². The van der Waals surface area contributed by atoms with E-state index in [1.54, 1.807) is 25.2 Å². The van der Waals surface area contributed by atoms with Gasteiger partial charge in [0.05, 0.1) is 0 Å². The molecule has 1 N–H and O–H groups in total. The smallest absolute Gasteiger partial charge is 0.139 e. The Morgan fingerprint density at radius 2 is 2.36 bits per heavy atom. The molecule has 2 heteroatoms. The number of hydrogen-bond donors (Lipinski definition) is 1. The van der Waals surface area contributed by atoms with Gasteiger partial charge in [-0.25, -0.2) is 0 Å². The maximum absolute atomic E-state index is 11.1. The quantitative estimate of drug-likeness (QED) is 0.623. The van der Waals surface area contributed by atoms with E-state index in [1.807, 2.05) is 6.92 Å². The molecule has 60 valence electrons. The fraction of sp³-hybridized carbons (Fsp3) is 0.444. The number of hydrogen-bond acceptors (Lipinski definition) is 2. The zero-order chi connectivity index (χ0) is 8.48. The van der Waals surface area contributed by atoms with Gasteiger partial charge in [-0.3, -0.25) is 4.79 Å². The lowest BCUT2D eigenvalue weighted by Gasteiger charge is -2.23. The predicted molar refractivity (Wildman–Crippen MR) is 43.3 cm³/mol. The van der Waals surface area contributed by atoms with Gasteiger partial charge in [0.25, 0.3) is 0 Å². The third kappa shape index (κ3) is 1.50. The van der Waals surface area contributed by atoms with Crippen LogP contribution in [-0.4, -0.2) is 10.9 Å². The largest absolute Gasteiger partial charge is 0.508 e. The molecule has 0 saturated carbocycles. The van der Waals surface area contributed by atoms with E-state index < -0.39 is 5.41 Å². The molecule has 11 heavy (non-hydrogen) atoms. The maximum Gasteiger partial charge on any atom is 0.139 e. The molecule has 0 radical (unpaired) electrons. The van der Waals surface area contributed by atoms with Crippen LogP contribution in [0.2, 0.25) is 0 Å². The molecule has 0 aromatic carbocycles. The minimum Gasteiger partial charge on any atom is -0.508 e. The zero-order valence-corrected chi connectivity index (χ0v) is 6.79. The number of rotatable bonds is 1. The van der Waals surface area contributed by atoms with Crippen LogP contribution in [-0.2, 0) is 4.79 Å². The SMILES string of the molecule is CC(=O)C1(C)C=CC(O)=CC1. The summed E-state index contributed by atoms with van der Waals surface area (Å²) in [6.45, 7) is 3.44. The molecule has 0 bridgehead atoms. The molecule has 0 aliphatic heterocycles. The number of Topliss-reactive ketones (excluding diaryl/α,β-unsaturated/α-hetero) is 1. The van der Waals surface area contributed by atoms with E-state index in [1.165, 1.54) is 0 Å². The van der Waals surface area contributed by atoms with Crippen LogP contribution in [0.15, 0.2) is 24.0 Å².